The third-order valence-electron chi connectivity index (χ3n) is 2.13. The molecule has 1 aromatic carbocycles. The molecule has 2 N–H and O–H groups in total. The van der Waals surface area contributed by atoms with Crippen LogP contribution in [0.25, 0.3) is 0 Å². The molecule has 1 unspecified atom stereocenters. The van der Waals surface area contributed by atoms with Crippen LogP contribution in [0.1, 0.15) is 11.6 Å². The lowest BCUT2D eigenvalue weighted by Crippen LogP contribution is -2.16. The molecule has 0 saturated carbocycles. The van der Waals surface area contributed by atoms with Gasteiger partial charge in [-0.25, -0.2) is 0 Å². The maximum Gasteiger partial charge on any atom is 0.127 e. The molecule has 1 atom stereocenters. The number of benzene rings is 1. The van der Waals surface area contributed by atoms with E-state index in [1.165, 1.54) is 0 Å². The van der Waals surface area contributed by atoms with Gasteiger partial charge < -0.3 is 15.2 Å². The van der Waals surface area contributed by atoms with Gasteiger partial charge in [-0.2, -0.15) is 0 Å². The highest BCUT2D eigenvalue weighted by Crippen LogP contribution is 2.34. The Morgan fingerprint density at radius 2 is 2.42 bits per heavy atom. The minimum absolute atomic E-state index is 0.255. The van der Waals surface area contributed by atoms with Gasteiger partial charge in [-0.3, -0.25) is 0 Å². The van der Waals surface area contributed by atoms with Gasteiger partial charge in [0.05, 0.1) is 6.04 Å². The van der Waals surface area contributed by atoms with E-state index in [0.717, 1.165) is 11.3 Å². The summed E-state index contributed by atoms with van der Waals surface area (Å²) >= 11 is 0. The Morgan fingerprint density at radius 1 is 1.58 bits per heavy atom. The predicted molar refractivity (Wildman–Crippen MR) is 45.4 cm³/mol. The van der Waals surface area contributed by atoms with E-state index in [1.807, 2.05) is 13.1 Å². The lowest BCUT2D eigenvalue weighted by molar-refractivity contribution is 0.317. The molecule has 3 heteroatoms. The van der Waals surface area contributed by atoms with Crippen molar-refractivity contribution in [1.82, 2.24) is 5.32 Å². The molecular formula is C9H11NO2. The second kappa shape index (κ2) is 2.68. The van der Waals surface area contributed by atoms with Gasteiger partial charge in [-0.15, -0.1) is 0 Å². The van der Waals surface area contributed by atoms with Crippen molar-refractivity contribution in [3.63, 3.8) is 0 Å². The van der Waals surface area contributed by atoms with Gasteiger partial charge in [0.2, 0.25) is 0 Å². The fourth-order valence-electron chi connectivity index (χ4n) is 1.44. The highest BCUT2D eigenvalue weighted by atomic mass is 16.5. The van der Waals surface area contributed by atoms with E-state index in [0.29, 0.717) is 6.61 Å². The summed E-state index contributed by atoms with van der Waals surface area (Å²) in [6.45, 7) is 0.648. The van der Waals surface area contributed by atoms with Crippen molar-refractivity contribution in [2.45, 2.75) is 6.04 Å². The largest absolute Gasteiger partial charge is 0.508 e. The molecule has 1 aliphatic rings. The fraction of sp³-hybridized carbons (Fsp3) is 0.333. The van der Waals surface area contributed by atoms with Gasteiger partial charge in [0, 0.05) is 11.6 Å². The molecule has 1 heterocycles. The van der Waals surface area contributed by atoms with Crippen LogP contribution >= 0.6 is 0 Å². The highest BCUT2D eigenvalue weighted by molar-refractivity contribution is 5.44. The number of likely N-dealkylation sites (N-methyl/N-ethyl adjacent to an activating group) is 1. The lowest BCUT2D eigenvalue weighted by Gasteiger charge is -2.05. The quantitative estimate of drug-likeness (QED) is 0.653. The number of hydrogen-bond acceptors (Lipinski definition) is 3. The van der Waals surface area contributed by atoms with E-state index < -0.39 is 0 Å². The molecule has 3 nitrogen and oxygen atoms in total. The molecule has 0 amide bonds. The van der Waals surface area contributed by atoms with Crippen LogP contribution < -0.4 is 10.1 Å². The molecule has 64 valence electrons. The maximum atomic E-state index is 9.15. The van der Waals surface area contributed by atoms with Crippen LogP contribution in [0.4, 0.5) is 0 Å². The normalized spacial score (nSPS) is 20.2. The summed E-state index contributed by atoms with van der Waals surface area (Å²) < 4.78 is 5.36. The first-order valence-electron chi connectivity index (χ1n) is 3.94. The average molecular weight is 165 g/mol. The van der Waals surface area contributed by atoms with Crippen molar-refractivity contribution in [2.24, 2.45) is 0 Å². The van der Waals surface area contributed by atoms with E-state index in [9.17, 15) is 0 Å². The zero-order valence-electron chi connectivity index (χ0n) is 6.87. The number of phenols is 1. The standard InChI is InChI=1S/C9H11NO2/c1-10-8-5-12-9-4-6(11)2-3-7(8)9/h2-4,8,10-11H,5H2,1H3. The van der Waals surface area contributed by atoms with E-state index in [-0.39, 0.29) is 11.8 Å². The fourth-order valence-corrected chi connectivity index (χ4v) is 1.44. The van der Waals surface area contributed by atoms with Gasteiger partial charge >= 0.3 is 0 Å². The molecular weight excluding hydrogens is 154 g/mol. The number of rotatable bonds is 1. The minimum Gasteiger partial charge on any atom is -0.508 e. The van der Waals surface area contributed by atoms with Crippen molar-refractivity contribution in [3.8, 4) is 11.5 Å². The van der Waals surface area contributed by atoms with Gasteiger partial charge in [0.25, 0.3) is 0 Å². The first kappa shape index (κ1) is 7.43. The summed E-state index contributed by atoms with van der Waals surface area (Å²) in [5.74, 6) is 1.04. The van der Waals surface area contributed by atoms with Crippen molar-refractivity contribution in [1.29, 1.82) is 0 Å². The average Bonchev–Trinajstić information content (AvgIpc) is 2.46. The van der Waals surface area contributed by atoms with Crippen LogP contribution in [-0.2, 0) is 0 Å². The molecule has 0 aromatic heterocycles. The molecule has 1 aromatic rings. The smallest absolute Gasteiger partial charge is 0.127 e. The summed E-state index contributed by atoms with van der Waals surface area (Å²) in [4.78, 5) is 0. The van der Waals surface area contributed by atoms with Crippen molar-refractivity contribution >= 4 is 0 Å². The van der Waals surface area contributed by atoms with Crippen molar-refractivity contribution in [2.75, 3.05) is 13.7 Å². The van der Waals surface area contributed by atoms with Crippen molar-refractivity contribution < 1.29 is 9.84 Å². The summed E-state index contributed by atoms with van der Waals surface area (Å²) in [6.07, 6.45) is 0. The van der Waals surface area contributed by atoms with Gasteiger partial charge in [0.1, 0.15) is 18.1 Å². The monoisotopic (exact) mass is 165 g/mol. The Hall–Kier alpha value is -1.22. The Labute approximate surface area is 71.0 Å². The zero-order chi connectivity index (χ0) is 8.55. The second-order valence-corrected chi connectivity index (χ2v) is 2.87. The van der Waals surface area contributed by atoms with E-state index in [1.54, 1.807) is 12.1 Å². The van der Waals surface area contributed by atoms with Crippen LogP contribution in [0.5, 0.6) is 11.5 Å². The summed E-state index contributed by atoms with van der Waals surface area (Å²) in [5.41, 5.74) is 1.12. The van der Waals surface area contributed by atoms with Crippen LogP contribution in [0.2, 0.25) is 0 Å². The predicted octanol–water partition coefficient (Wildman–Crippen LogP) is 1.05. The zero-order valence-corrected chi connectivity index (χ0v) is 6.87. The van der Waals surface area contributed by atoms with E-state index in [2.05, 4.69) is 5.32 Å². The van der Waals surface area contributed by atoms with Gasteiger partial charge in [-0.05, 0) is 19.2 Å². The topological polar surface area (TPSA) is 41.5 Å². The molecule has 0 spiro atoms. The van der Waals surface area contributed by atoms with Crippen LogP contribution in [0.3, 0.4) is 0 Å². The summed E-state index contributed by atoms with van der Waals surface area (Å²) in [5, 5.41) is 12.3. The van der Waals surface area contributed by atoms with Crippen molar-refractivity contribution in [3.05, 3.63) is 23.8 Å². The highest BCUT2D eigenvalue weighted by Gasteiger charge is 2.22. The van der Waals surface area contributed by atoms with Crippen LogP contribution in [0.15, 0.2) is 18.2 Å². The number of ether oxygens (including phenoxy) is 1. The molecule has 0 saturated heterocycles. The SMILES string of the molecule is CNC1COc2cc(O)ccc21. The van der Waals surface area contributed by atoms with Crippen LogP contribution in [-0.4, -0.2) is 18.8 Å². The summed E-state index contributed by atoms with van der Waals surface area (Å²) in [6, 6.07) is 5.48. The molecule has 0 radical (unpaired) electrons. The first-order valence-corrected chi connectivity index (χ1v) is 3.94. The number of nitrogens with one attached hydrogen (secondary N) is 1. The molecule has 0 aliphatic carbocycles. The number of aromatic hydroxyl groups is 1. The van der Waals surface area contributed by atoms with E-state index in [4.69, 9.17) is 9.84 Å². The molecule has 0 fully saturated rings. The Kier molecular flexibility index (Phi) is 1.66. The van der Waals surface area contributed by atoms with Gasteiger partial charge in [0.15, 0.2) is 0 Å². The molecule has 2 rings (SSSR count). The molecule has 0 bridgehead atoms. The van der Waals surface area contributed by atoms with Crippen LogP contribution in [0, 0.1) is 0 Å². The third-order valence-corrected chi connectivity index (χ3v) is 2.13. The molecule has 12 heavy (non-hydrogen) atoms. The maximum absolute atomic E-state index is 9.15. The van der Waals surface area contributed by atoms with E-state index >= 15 is 0 Å². The number of hydrogen-bond donors (Lipinski definition) is 2. The second-order valence-electron chi connectivity index (χ2n) is 2.87. The molecule has 1 aliphatic heterocycles. The number of fused-ring (bicyclic) bond motifs is 1. The lowest BCUT2D eigenvalue weighted by atomic mass is 10.1. The Bertz CT molecular complexity index is 299. The number of phenolic OH excluding ortho intramolecular Hbond substituents is 1. The third kappa shape index (κ3) is 1.02. The van der Waals surface area contributed by atoms with Gasteiger partial charge in [-0.1, -0.05) is 0 Å². The first-order chi connectivity index (χ1) is 5.81. The minimum atomic E-state index is 0.255. The summed E-state index contributed by atoms with van der Waals surface area (Å²) in [7, 11) is 1.90. The Balaban J connectivity index is 2.40. The Morgan fingerprint density at radius 3 is 3.17 bits per heavy atom.